The minimum Gasteiger partial charge on any atom is -0.458 e. The van der Waals surface area contributed by atoms with E-state index >= 15 is 0 Å². The molecule has 2 nitrogen and oxygen atoms in total. The molecule has 0 unspecified atom stereocenters. The third-order valence-corrected chi connectivity index (χ3v) is 16.0. The van der Waals surface area contributed by atoms with Gasteiger partial charge in [-0.15, -0.1) is 0 Å². The van der Waals surface area contributed by atoms with Crippen molar-refractivity contribution in [1.82, 2.24) is 0 Å². The van der Waals surface area contributed by atoms with Crippen LogP contribution in [0.4, 0.5) is 17.1 Å². The molecule has 0 atom stereocenters. The summed E-state index contributed by atoms with van der Waals surface area (Å²) in [6, 6.07) is 48.7. The lowest BCUT2D eigenvalue weighted by Gasteiger charge is -2.50. The highest BCUT2D eigenvalue weighted by atomic mass is 28.3. The molecule has 9 rings (SSSR count). The highest BCUT2D eigenvalue weighted by molar-refractivity contribution is 7.27. The van der Waals surface area contributed by atoms with Gasteiger partial charge in [0.2, 0.25) is 0 Å². The van der Waals surface area contributed by atoms with Gasteiger partial charge in [-0.2, -0.15) is 0 Å². The van der Waals surface area contributed by atoms with Gasteiger partial charge >= 0.3 is 0 Å². The summed E-state index contributed by atoms with van der Waals surface area (Å²) in [5.41, 5.74) is 11.7. The van der Waals surface area contributed by atoms with Crippen LogP contribution in [0.15, 0.2) is 127 Å². The van der Waals surface area contributed by atoms with Gasteiger partial charge in [-0.1, -0.05) is 133 Å². The molecule has 6 aromatic rings. The van der Waals surface area contributed by atoms with Gasteiger partial charge in [-0.25, -0.2) is 0 Å². The largest absolute Gasteiger partial charge is 0.458 e. The van der Waals surface area contributed by atoms with Crippen LogP contribution in [-0.2, 0) is 10.8 Å². The van der Waals surface area contributed by atoms with Crippen LogP contribution in [0.1, 0.15) is 58.2 Å². The zero-order valence-corrected chi connectivity index (χ0v) is 30.6. The van der Waals surface area contributed by atoms with E-state index in [1.165, 1.54) is 70.9 Å². The summed E-state index contributed by atoms with van der Waals surface area (Å²) in [6.45, 7) is 16.2. The number of hydrogen-bond acceptors (Lipinski definition) is 2. The first-order chi connectivity index (χ1) is 23.5. The highest BCUT2D eigenvalue weighted by Gasteiger charge is 2.56. The molecule has 0 radical (unpaired) electrons. The second kappa shape index (κ2) is 10.4. The second-order valence-corrected chi connectivity index (χ2v) is 20.0. The number of hydrogen-bond donors (Lipinski definition) is 0. The first-order valence-corrected chi connectivity index (χ1v) is 19.6. The van der Waals surface area contributed by atoms with Crippen molar-refractivity contribution in [2.24, 2.45) is 0 Å². The Hall–Kier alpha value is -4.80. The molecule has 0 fully saturated rings. The molecule has 49 heavy (non-hydrogen) atoms. The molecule has 3 heterocycles. The fourth-order valence-corrected chi connectivity index (χ4v) is 14.1. The monoisotopic (exact) mass is 651 g/mol. The van der Waals surface area contributed by atoms with Gasteiger partial charge in [0.05, 0.1) is 0 Å². The van der Waals surface area contributed by atoms with Crippen molar-refractivity contribution in [2.75, 3.05) is 4.90 Å². The van der Waals surface area contributed by atoms with Crippen molar-refractivity contribution >= 4 is 69.0 Å². The number of benzene rings is 6. The SMILES string of the molecule is Cc1cc2c3c(c1)N(c1ccc(C(C)(C)C)cc1)c1cc(C(C)(C)C)cc4c1B3c1c(cccc1[Si]4(c1ccccc1)c1ccccc1)O2. The summed E-state index contributed by atoms with van der Waals surface area (Å²) in [7, 11) is -2.85. The molecule has 3 aliphatic rings. The van der Waals surface area contributed by atoms with Crippen LogP contribution in [0.2, 0.25) is 0 Å². The predicted molar refractivity (Wildman–Crippen MR) is 212 cm³/mol. The molecule has 3 aliphatic heterocycles. The van der Waals surface area contributed by atoms with Gasteiger partial charge in [0.25, 0.3) is 6.71 Å². The van der Waals surface area contributed by atoms with Crippen LogP contribution in [0, 0.1) is 6.92 Å². The third-order valence-electron chi connectivity index (χ3n) is 11.1. The molecule has 0 amide bonds. The number of aryl methyl sites for hydroxylation is 1. The Labute approximate surface area is 292 Å². The minimum atomic E-state index is -2.85. The van der Waals surface area contributed by atoms with Gasteiger partial charge in [0, 0.05) is 17.1 Å². The molecule has 0 aliphatic carbocycles. The van der Waals surface area contributed by atoms with E-state index in [-0.39, 0.29) is 17.5 Å². The smallest absolute Gasteiger partial charge is 0.256 e. The average Bonchev–Trinajstić information content (AvgIpc) is 3.08. The maximum Gasteiger partial charge on any atom is 0.256 e. The Kier molecular flexibility index (Phi) is 6.40. The zero-order chi connectivity index (χ0) is 33.9. The molecule has 0 spiro atoms. The average molecular weight is 652 g/mol. The van der Waals surface area contributed by atoms with E-state index in [0.29, 0.717) is 0 Å². The summed E-state index contributed by atoms with van der Waals surface area (Å²) in [4.78, 5) is 2.56. The van der Waals surface area contributed by atoms with Crippen molar-refractivity contribution < 1.29 is 4.74 Å². The Morgan fingerprint density at radius 2 is 1.14 bits per heavy atom. The third kappa shape index (κ3) is 4.26. The standard InChI is InChI=1S/C45H42BNOSi/c1-29-25-35-41-38(26-29)48-37-19-14-20-39-43(37)46(41)42-36(47(35)32-23-21-30(22-24-32)44(2,3)4)27-31(45(5,6)7)28-40(42)49(39,33-15-10-8-11-16-33)34-17-12-9-13-18-34/h8-28H,1-7H3. The number of anilines is 3. The van der Waals surface area contributed by atoms with Gasteiger partial charge < -0.3 is 9.64 Å². The van der Waals surface area contributed by atoms with Crippen LogP contribution in [0.5, 0.6) is 11.5 Å². The first kappa shape index (κ1) is 30.3. The maximum atomic E-state index is 7.02. The van der Waals surface area contributed by atoms with Crippen LogP contribution in [-0.4, -0.2) is 14.8 Å². The van der Waals surface area contributed by atoms with Gasteiger partial charge in [-0.3, -0.25) is 0 Å². The highest BCUT2D eigenvalue weighted by Crippen LogP contribution is 2.43. The summed E-state index contributed by atoms with van der Waals surface area (Å²) >= 11 is 0. The summed E-state index contributed by atoms with van der Waals surface area (Å²) in [5, 5.41) is 5.75. The lowest BCUT2D eigenvalue weighted by Crippen LogP contribution is -2.88. The van der Waals surface area contributed by atoms with E-state index in [9.17, 15) is 0 Å². The summed E-state index contributed by atoms with van der Waals surface area (Å²) in [6.07, 6.45) is 0. The summed E-state index contributed by atoms with van der Waals surface area (Å²) in [5.74, 6) is 1.97. The molecule has 6 aromatic carbocycles. The van der Waals surface area contributed by atoms with Crippen molar-refractivity contribution in [2.45, 2.75) is 59.3 Å². The quantitative estimate of drug-likeness (QED) is 0.198. The lowest BCUT2D eigenvalue weighted by molar-refractivity contribution is 0.487. The molecular weight excluding hydrogens is 609 g/mol. The zero-order valence-electron chi connectivity index (χ0n) is 29.6. The van der Waals surface area contributed by atoms with E-state index < -0.39 is 8.07 Å². The fraction of sp³-hybridized carbons (Fsp3) is 0.200. The van der Waals surface area contributed by atoms with E-state index in [1.807, 2.05) is 0 Å². The fourth-order valence-electron chi connectivity index (χ4n) is 8.81. The molecular formula is C45H42BNOSi. The van der Waals surface area contributed by atoms with Crippen LogP contribution in [0.25, 0.3) is 0 Å². The van der Waals surface area contributed by atoms with E-state index in [2.05, 4.69) is 181 Å². The molecule has 0 bridgehead atoms. The minimum absolute atomic E-state index is 0.0589. The lowest BCUT2D eigenvalue weighted by atomic mass is 9.33. The van der Waals surface area contributed by atoms with Crippen LogP contribution >= 0.6 is 0 Å². The molecule has 0 saturated carbocycles. The summed E-state index contributed by atoms with van der Waals surface area (Å²) < 4.78 is 7.02. The topological polar surface area (TPSA) is 12.5 Å². The molecule has 0 saturated heterocycles. The maximum absolute atomic E-state index is 7.02. The Morgan fingerprint density at radius 3 is 1.76 bits per heavy atom. The van der Waals surface area contributed by atoms with Crippen molar-refractivity contribution in [3.05, 3.63) is 144 Å². The Morgan fingerprint density at radius 1 is 0.531 bits per heavy atom. The number of rotatable bonds is 3. The number of ether oxygens (including phenoxy) is 1. The van der Waals surface area contributed by atoms with Gasteiger partial charge in [-0.05, 0) is 108 Å². The molecule has 240 valence electrons. The normalized spacial score (nSPS) is 15.1. The molecule has 0 aromatic heterocycles. The van der Waals surface area contributed by atoms with Crippen LogP contribution in [0.3, 0.4) is 0 Å². The molecule has 4 heteroatoms. The van der Waals surface area contributed by atoms with Crippen LogP contribution < -0.4 is 46.8 Å². The Bertz CT molecular complexity index is 2240. The first-order valence-electron chi connectivity index (χ1n) is 17.6. The second-order valence-electron chi connectivity index (χ2n) is 16.3. The van der Waals surface area contributed by atoms with E-state index in [4.69, 9.17) is 4.74 Å². The Balaban J connectivity index is 1.48. The number of nitrogens with zero attached hydrogens (tertiary/aromatic N) is 1. The van der Waals surface area contributed by atoms with Crippen molar-refractivity contribution in [1.29, 1.82) is 0 Å². The van der Waals surface area contributed by atoms with E-state index in [1.54, 1.807) is 0 Å². The van der Waals surface area contributed by atoms with Gasteiger partial charge in [0.1, 0.15) is 11.5 Å². The molecule has 0 N–H and O–H groups in total. The van der Waals surface area contributed by atoms with Crippen molar-refractivity contribution in [3.8, 4) is 11.5 Å². The predicted octanol–water partition coefficient (Wildman–Crippen LogP) is 6.69. The van der Waals surface area contributed by atoms with Gasteiger partial charge in [0.15, 0.2) is 8.07 Å². The van der Waals surface area contributed by atoms with E-state index in [0.717, 1.165) is 11.5 Å². The van der Waals surface area contributed by atoms with Crippen molar-refractivity contribution in [3.63, 3.8) is 0 Å².